The molecule has 114 valence electrons. The fourth-order valence-corrected chi connectivity index (χ4v) is 2.44. The highest BCUT2D eigenvalue weighted by Gasteiger charge is 2.43. The second kappa shape index (κ2) is 6.63. The van der Waals surface area contributed by atoms with Crippen LogP contribution in [0.25, 0.3) is 0 Å². The molecule has 1 heterocycles. The van der Waals surface area contributed by atoms with Crippen LogP contribution in [0.5, 0.6) is 0 Å². The van der Waals surface area contributed by atoms with Gasteiger partial charge in [-0.3, -0.25) is 0 Å². The zero-order valence-corrected chi connectivity index (χ0v) is 13.1. The van der Waals surface area contributed by atoms with E-state index in [1.54, 1.807) is 7.11 Å². The van der Waals surface area contributed by atoms with Crippen molar-refractivity contribution in [2.24, 2.45) is 11.3 Å². The largest absolute Gasteiger partial charge is 0.385 e. The first-order valence-electron chi connectivity index (χ1n) is 7.55. The lowest BCUT2D eigenvalue weighted by molar-refractivity contribution is 0.164. The molecule has 0 aromatic carbocycles. The first-order chi connectivity index (χ1) is 9.56. The molecule has 1 aliphatic carbocycles. The van der Waals surface area contributed by atoms with Gasteiger partial charge in [0.05, 0.1) is 12.6 Å². The molecule has 1 aromatic heterocycles. The minimum atomic E-state index is 0.186. The van der Waals surface area contributed by atoms with Crippen LogP contribution in [0.4, 0.5) is 0 Å². The van der Waals surface area contributed by atoms with Gasteiger partial charge >= 0.3 is 0 Å². The molecule has 2 rings (SSSR count). The maximum Gasteiger partial charge on any atom is 0.167 e. The highest BCUT2D eigenvalue weighted by Crippen LogP contribution is 2.50. The molecule has 0 saturated heterocycles. The Hall–Kier alpha value is -1.01. The Kier molecular flexibility index (Phi) is 5.10. The quantitative estimate of drug-likeness (QED) is 0.747. The number of aromatic nitrogens is 4. The number of rotatable bonds is 9. The number of nitrogens with one attached hydrogen (secondary N) is 1. The van der Waals surface area contributed by atoms with Crippen molar-refractivity contribution in [1.29, 1.82) is 0 Å². The summed E-state index contributed by atoms with van der Waals surface area (Å²) in [5, 5.41) is 15.7. The van der Waals surface area contributed by atoms with Gasteiger partial charge in [0.15, 0.2) is 5.82 Å². The lowest BCUT2D eigenvalue weighted by atomic mass is 10.0. The van der Waals surface area contributed by atoms with Gasteiger partial charge in [-0.25, -0.2) is 4.68 Å². The maximum absolute atomic E-state index is 5.21. The van der Waals surface area contributed by atoms with Gasteiger partial charge in [-0.05, 0) is 54.5 Å². The molecule has 1 fully saturated rings. The van der Waals surface area contributed by atoms with Gasteiger partial charge in [0, 0.05) is 13.7 Å². The van der Waals surface area contributed by atoms with E-state index in [1.807, 2.05) is 4.68 Å². The van der Waals surface area contributed by atoms with E-state index in [9.17, 15) is 0 Å². The third-order valence-electron chi connectivity index (χ3n) is 4.06. The molecule has 1 aromatic rings. The van der Waals surface area contributed by atoms with E-state index in [2.05, 4.69) is 41.6 Å². The fourth-order valence-electron chi connectivity index (χ4n) is 2.44. The van der Waals surface area contributed by atoms with Gasteiger partial charge in [0.2, 0.25) is 0 Å². The van der Waals surface area contributed by atoms with Crippen molar-refractivity contribution >= 4 is 0 Å². The Labute approximate surface area is 121 Å². The molecule has 1 atom stereocenters. The molecule has 1 aliphatic rings. The predicted octanol–water partition coefficient (Wildman–Crippen LogP) is 1.80. The van der Waals surface area contributed by atoms with Gasteiger partial charge in [-0.1, -0.05) is 13.8 Å². The van der Waals surface area contributed by atoms with E-state index in [4.69, 9.17) is 4.74 Å². The molecular formula is C14H27N5O. The summed E-state index contributed by atoms with van der Waals surface area (Å²) in [7, 11) is 1.76. The normalized spacial score (nSPS) is 18.4. The topological polar surface area (TPSA) is 64.9 Å². The predicted molar refractivity (Wildman–Crippen MR) is 77.2 cm³/mol. The monoisotopic (exact) mass is 281 g/mol. The van der Waals surface area contributed by atoms with Gasteiger partial charge in [-0.2, -0.15) is 0 Å². The number of ether oxygens (including phenoxy) is 1. The Morgan fingerprint density at radius 3 is 2.70 bits per heavy atom. The van der Waals surface area contributed by atoms with Crippen molar-refractivity contribution in [3.63, 3.8) is 0 Å². The van der Waals surface area contributed by atoms with E-state index in [0.29, 0.717) is 11.3 Å². The van der Waals surface area contributed by atoms with Crippen LogP contribution >= 0.6 is 0 Å². The third-order valence-corrected chi connectivity index (χ3v) is 4.06. The number of methoxy groups -OCH3 is 1. The zero-order chi connectivity index (χ0) is 14.6. The molecule has 0 spiro atoms. The summed E-state index contributed by atoms with van der Waals surface area (Å²) in [4.78, 5) is 0. The highest BCUT2D eigenvalue weighted by molar-refractivity contribution is 4.97. The second-order valence-corrected chi connectivity index (χ2v) is 6.46. The molecule has 1 unspecified atom stereocenters. The molecule has 0 amide bonds. The van der Waals surface area contributed by atoms with Crippen LogP contribution in [0.3, 0.4) is 0 Å². The lowest BCUT2D eigenvalue weighted by Gasteiger charge is -2.18. The minimum Gasteiger partial charge on any atom is -0.385 e. The maximum atomic E-state index is 5.21. The van der Waals surface area contributed by atoms with Gasteiger partial charge in [0.1, 0.15) is 0 Å². The fraction of sp³-hybridized carbons (Fsp3) is 0.929. The van der Waals surface area contributed by atoms with Crippen LogP contribution in [0, 0.1) is 11.3 Å². The smallest absolute Gasteiger partial charge is 0.167 e. The average molecular weight is 281 g/mol. The van der Waals surface area contributed by atoms with Crippen molar-refractivity contribution < 1.29 is 4.74 Å². The zero-order valence-electron chi connectivity index (χ0n) is 13.1. The first-order valence-corrected chi connectivity index (χ1v) is 7.55. The second-order valence-electron chi connectivity index (χ2n) is 6.46. The molecule has 1 saturated carbocycles. The first kappa shape index (κ1) is 15.4. The molecule has 0 aliphatic heterocycles. The number of nitrogens with zero attached hydrogens (tertiary/aromatic N) is 4. The summed E-state index contributed by atoms with van der Waals surface area (Å²) in [6.45, 7) is 9.23. The van der Waals surface area contributed by atoms with Crippen molar-refractivity contribution in [1.82, 2.24) is 25.5 Å². The summed E-state index contributed by atoms with van der Waals surface area (Å²) in [6.07, 6.45) is 3.60. The van der Waals surface area contributed by atoms with E-state index in [-0.39, 0.29) is 6.04 Å². The molecule has 0 radical (unpaired) electrons. The Bertz CT molecular complexity index is 413. The van der Waals surface area contributed by atoms with E-state index >= 15 is 0 Å². The molecule has 6 heteroatoms. The summed E-state index contributed by atoms with van der Waals surface area (Å²) < 4.78 is 7.18. The Morgan fingerprint density at radius 1 is 1.35 bits per heavy atom. The van der Waals surface area contributed by atoms with Crippen molar-refractivity contribution in [3.05, 3.63) is 5.82 Å². The molecule has 20 heavy (non-hydrogen) atoms. The lowest BCUT2D eigenvalue weighted by Crippen LogP contribution is -2.27. The van der Waals surface area contributed by atoms with Crippen LogP contribution in [0.15, 0.2) is 0 Å². The van der Waals surface area contributed by atoms with Crippen molar-refractivity contribution in [2.75, 3.05) is 20.3 Å². The summed E-state index contributed by atoms with van der Waals surface area (Å²) in [5.41, 5.74) is 0.359. The molecule has 0 bridgehead atoms. The van der Waals surface area contributed by atoms with E-state index in [0.717, 1.165) is 31.9 Å². The number of hydrogen-bond donors (Lipinski definition) is 1. The van der Waals surface area contributed by atoms with Crippen molar-refractivity contribution in [3.8, 4) is 0 Å². The third kappa shape index (κ3) is 3.99. The van der Waals surface area contributed by atoms with E-state index in [1.165, 1.54) is 12.8 Å². The summed E-state index contributed by atoms with van der Waals surface area (Å²) >= 11 is 0. The summed E-state index contributed by atoms with van der Waals surface area (Å²) in [5.74, 6) is 1.56. The van der Waals surface area contributed by atoms with Crippen molar-refractivity contribution in [2.45, 2.75) is 52.6 Å². The van der Waals surface area contributed by atoms with Gasteiger partial charge < -0.3 is 10.1 Å². The SMILES string of the molecule is COCCC1(Cn2nnnc2C(C)NCC(C)C)CC1. The Morgan fingerprint density at radius 2 is 2.10 bits per heavy atom. The number of tetrazole rings is 1. The average Bonchev–Trinajstić information content (AvgIpc) is 3.02. The van der Waals surface area contributed by atoms with Gasteiger partial charge in [-0.15, -0.1) is 5.10 Å². The van der Waals surface area contributed by atoms with Crippen LogP contribution in [0.1, 0.15) is 51.9 Å². The molecular weight excluding hydrogens is 254 g/mol. The highest BCUT2D eigenvalue weighted by atomic mass is 16.5. The molecule has 1 N–H and O–H groups in total. The van der Waals surface area contributed by atoms with Gasteiger partial charge in [0.25, 0.3) is 0 Å². The summed E-state index contributed by atoms with van der Waals surface area (Å²) in [6, 6.07) is 0.186. The standard InChI is InChI=1S/C14H27N5O/c1-11(2)9-15-12(3)13-16-17-18-19(13)10-14(5-6-14)7-8-20-4/h11-12,15H,5-10H2,1-4H3. The van der Waals surface area contributed by atoms with Crippen LogP contribution < -0.4 is 5.32 Å². The van der Waals surface area contributed by atoms with E-state index < -0.39 is 0 Å². The van der Waals surface area contributed by atoms with Crippen LogP contribution in [-0.4, -0.2) is 40.5 Å². The molecule has 6 nitrogen and oxygen atoms in total. The number of hydrogen-bond acceptors (Lipinski definition) is 5. The minimum absolute atomic E-state index is 0.186. The van der Waals surface area contributed by atoms with Crippen LogP contribution in [-0.2, 0) is 11.3 Å². The van der Waals surface area contributed by atoms with Crippen LogP contribution in [0.2, 0.25) is 0 Å². The Balaban J connectivity index is 1.94.